The first-order valence-electron chi connectivity index (χ1n) is 9.41. The fourth-order valence-corrected chi connectivity index (χ4v) is 4.53. The molecule has 3 rings (SSSR count). The van der Waals surface area contributed by atoms with Crippen molar-refractivity contribution in [2.75, 3.05) is 25.4 Å². The number of hydrogen-bond acceptors (Lipinski definition) is 4. The second kappa shape index (κ2) is 11.3. The number of hydrogen-bond donors (Lipinski definition) is 2. The number of aryl methyl sites for hydroxylation is 1. The number of aliphatic imine (C=N–C) groups is 1. The van der Waals surface area contributed by atoms with E-state index in [1.165, 1.54) is 43.7 Å². The predicted octanol–water partition coefficient (Wildman–Crippen LogP) is 2.62. The van der Waals surface area contributed by atoms with Crippen LogP contribution in [-0.2, 0) is 19.4 Å². The molecule has 1 atom stereocenters. The Hall–Kier alpha value is -0.510. The van der Waals surface area contributed by atoms with Gasteiger partial charge in [-0.25, -0.2) is 0 Å². The third-order valence-corrected chi connectivity index (χ3v) is 6.03. The topological polar surface area (TPSA) is 67.1 Å². The first-order chi connectivity index (χ1) is 11.9. The summed E-state index contributed by atoms with van der Waals surface area (Å²) < 4.78 is 2.33. The lowest BCUT2D eigenvalue weighted by atomic mass is 10.2. The molecule has 0 amide bonds. The van der Waals surface area contributed by atoms with Crippen molar-refractivity contribution in [1.29, 1.82) is 0 Å². The summed E-state index contributed by atoms with van der Waals surface area (Å²) in [5, 5.41) is 16.3. The molecule has 1 aromatic heterocycles. The predicted molar refractivity (Wildman–Crippen MR) is 116 cm³/mol. The van der Waals surface area contributed by atoms with Crippen molar-refractivity contribution in [2.45, 2.75) is 63.7 Å². The molecule has 0 saturated carbocycles. The van der Waals surface area contributed by atoms with Gasteiger partial charge >= 0.3 is 0 Å². The van der Waals surface area contributed by atoms with Crippen molar-refractivity contribution < 1.29 is 0 Å². The molecule has 1 fully saturated rings. The van der Waals surface area contributed by atoms with Gasteiger partial charge < -0.3 is 15.2 Å². The molecule has 142 valence electrons. The van der Waals surface area contributed by atoms with Gasteiger partial charge in [-0.2, -0.15) is 11.8 Å². The minimum atomic E-state index is 0. The molecular weight excluding hydrogens is 447 g/mol. The van der Waals surface area contributed by atoms with Crippen LogP contribution >= 0.6 is 35.7 Å². The molecule has 8 heteroatoms. The Labute approximate surface area is 172 Å². The SMILES string of the molecule is CCNC(=NCC1CCCS1)NCCc1nnc2n1CCCCC2.I. The average Bonchev–Trinajstić information content (AvgIpc) is 3.18. The maximum absolute atomic E-state index is 4.75. The lowest BCUT2D eigenvalue weighted by molar-refractivity contribution is 0.600. The van der Waals surface area contributed by atoms with Gasteiger partial charge in [-0.3, -0.25) is 4.99 Å². The van der Waals surface area contributed by atoms with Crippen LogP contribution in [0.3, 0.4) is 0 Å². The molecule has 1 aromatic rings. The van der Waals surface area contributed by atoms with Crippen LogP contribution in [0.4, 0.5) is 0 Å². The Balaban J connectivity index is 0.00000225. The van der Waals surface area contributed by atoms with Gasteiger partial charge in [0.15, 0.2) is 5.96 Å². The summed E-state index contributed by atoms with van der Waals surface area (Å²) in [6, 6.07) is 0. The molecule has 2 aliphatic rings. The summed E-state index contributed by atoms with van der Waals surface area (Å²) in [4.78, 5) is 4.75. The molecule has 0 bridgehead atoms. The molecule has 1 unspecified atom stereocenters. The van der Waals surface area contributed by atoms with Crippen LogP contribution in [0.5, 0.6) is 0 Å². The van der Waals surface area contributed by atoms with Gasteiger partial charge in [0.05, 0.1) is 6.54 Å². The van der Waals surface area contributed by atoms with E-state index in [2.05, 4.69) is 44.1 Å². The zero-order chi connectivity index (χ0) is 16.6. The van der Waals surface area contributed by atoms with E-state index >= 15 is 0 Å². The maximum atomic E-state index is 4.75. The van der Waals surface area contributed by atoms with Gasteiger partial charge in [0.2, 0.25) is 0 Å². The fourth-order valence-electron chi connectivity index (χ4n) is 3.35. The maximum Gasteiger partial charge on any atom is 0.191 e. The van der Waals surface area contributed by atoms with Crippen LogP contribution in [0.2, 0.25) is 0 Å². The molecular formula is C17H31IN6S. The molecule has 2 aliphatic heterocycles. The van der Waals surface area contributed by atoms with Crippen molar-refractivity contribution in [3.05, 3.63) is 11.6 Å². The van der Waals surface area contributed by atoms with Crippen molar-refractivity contribution in [3.63, 3.8) is 0 Å². The van der Waals surface area contributed by atoms with Crippen molar-refractivity contribution in [2.24, 2.45) is 4.99 Å². The van der Waals surface area contributed by atoms with E-state index in [-0.39, 0.29) is 24.0 Å². The van der Waals surface area contributed by atoms with Gasteiger partial charge in [0.1, 0.15) is 11.6 Å². The number of thioether (sulfide) groups is 1. The van der Waals surface area contributed by atoms with E-state index in [1.807, 2.05) is 0 Å². The highest BCUT2D eigenvalue weighted by Gasteiger charge is 2.16. The number of halogens is 1. The lowest BCUT2D eigenvalue weighted by Crippen LogP contribution is -2.39. The fraction of sp³-hybridized carbons (Fsp3) is 0.824. The van der Waals surface area contributed by atoms with Crippen LogP contribution < -0.4 is 10.6 Å². The third-order valence-electron chi connectivity index (χ3n) is 4.65. The Morgan fingerprint density at radius 3 is 2.96 bits per heavy atom. The summed E-state index contributed by atoms with van der Waals surface area (Å²) in [5.41, 5.74) is 0. The van der Waals surface area contributed by atoms with E-state index in [0.717, 1.165) is 50.8 Å². The van der Waals surface area contributed by atoms with E-state index in [9.17, 15) is 0 Å². The average molecular weight is 478 g/mol. The number of guanidine groups is 1. The van der Waals surface area contributed by atoms with Gasteiger partial charge in [-0.1, -0.05) is 6.42 Å². The molecule has 6 nitrogen and oxygen atoms in total. The van der Waals surface area contributed by atoms with Gasteiger partial charge in [-0.05, 0) is 38.4 Å². The van der Waals surface area contributed by atoms with Crippen LogP contribution in [0.25, 0.3) is 0 Å². The molecule has 0 aromatic carbocycles. The normalized spacial score (nSPS) is 20.5. The van der Waals surface area contributed by atoms with E-state index in [0.29, 0.717) is 5.25 Å². The summed E-state index contributed by atoms with van der Waals surface area (Å²) in [5.74, 6) is 4.51. The number of aromatic nitrogens is 3. The van der Waals surface area contributed by atoms with Gasteiger partial charge in [0, 0.05) is 37.7 Å². The van der Waals surface area contributed by atoms with Crippen molar-refractivity contribution >= 4 is 41.7 Å². The smallest absolute Gasteiger partial charge is 0.191 e. The highest BCUT2D eigenvalue weighted by Crippen LogP contribution is 2.26. The minimum absolute atomic E-state index is 0. The Bertz CT molecular complexity index is 541. The van der Waals surface area contributed by atoms with E-state index in [1.54, 1.807) is 0 Å². The van der Waals surface area contributed by atoms with E-state index < -0.39 is 0 Å². The van der Waals surface area contributed by atoms with Gasteiger partial charge in [0.25, 0.3) is 0 Å². The number of fused-ring (bicyclic) bond motifs is 1. The first-order valence-corrected chi connectivity index (χ1v) is 10.5. The molecule has 0 spiro atoms. The zero-order valence-electron chi connectivity index (χ0n) is 15.2. The number of rotatable bonds is 6. The minimum Gasteiger partial charge on any atom is -0.357 e. The molecule has 0 aliphatic carbocycles. The quantitative estimate of drug-likeness (QED) is 0.374. The summed E-state index contributed by atoms with van der Waals surface area (Å²) in [6.45, 7) is 5.84. The van der Waals surface area contributed by atoms with Gasteiger partial charge in [-0.15, -0.1) is 34.2 Å². The second-order valence-corrected chi connectivity index (χ2v) is 7.93. The largest absolute Gasteiger partial charge is 0.357 e. The van der Waals surface area contributed by atoms with Crippen LogP contribution in [-0.4, -0.2) is 51.4 Å². The van der Waals surface area contributed by atoms with E-state index in [4.69, 9.17) is 4.99 Å². The van der Waals surface area contributed by atoms with Crippen LogP contribution in [0.1, 0.15) is 50.7 Å². The van der Waals surface area contributed by atoms with Crippen LogP contribution in [0.15, 0.2) is 4.99 Å². The summed E-state index contributed by atoms with van der Waals surface area (Å²) >= 11 is 2.06. The lowest BCUT2D eigenvalue weighted by Gasteiger charge is -2.13. The van der Waals surface area contributed by atoms with Crippen molar-refractivity contribution in [3.8, 4) is 0 Å². The molecule has 25 heavy (non-hydrogen) atoms. The molecule has 2 N–H and O–H groups in total. The standard InChI is InChI=1S/C17H30N6S.HI/c1-2-18-17(20-13-14-7-6-12-24-14)19-10-9-16-22-21-15-8-4-3-5-11-23(15)16;/h14H,2-13H2,1H3,(H2,18,19,20);1H. The molecule has 0 radical (unpaired) electrons. The second-order valence-electron chi connectivity index (χ2n) is 6.53. The Kier molecular flexibility index (Phi) is 9.36. The number of nitrogens with zero attached hydrogens (tertiary/aromatic N) is 4. The third kappa shape index (κ3) is 6.30. The first kappa shape index (κ1) is 20.8. The number of nitrogens with one attached hydrogen (secondary N) is 2. The molecule has 3 heterocycles. The molecule has 1 saturated heterocycles. The monoisotopic (exact) mass is 478 g/mol. The van der Waals surface area contributed by atoms with Crippen molar-refractivity contribution in [1.82, 2.24) is 25.4 Å². The Morgan fingerprint density at radius 1 is 1.24 bits per heavy atom. The zero-order valence-corrected chi connectivity index (χ0v) is 18.3. The highest BCUT2D eigenvalue weighted by atomic mass is 127. The van der Waals surface area contributed by atoms with Crippen LogP contribution in [0, 0.1) is 0 Å². The summed E-state index contributed by atoms with van der Waals surface area (Å²) in [6.07, 6.45) is 8.41. The summed E-state index contributed by atoms with van der Waals surface area (Å²) in [7, 11) is 0. The Morgan fingerprint density at radius 2 is 2.16 bits per heavy atom. The highest BCUT2D eigenvalue weighted by molar-refractivity contribution is 14.0.